The first kappa shape index (κ1) is 11.7. The zero-order valence-electron chi connectivity index (χ0n) is 9.17. The van der Waals surface area contributed by atoms with Gasteiger partial charge in [-0.1, -0.05) is 26.0 Å². The van der Waals surface area contributed by atoms with E-state index >= 15 is 0 Å². The Labute approximate surface area is 77.5 Å². The van der Waals surface area contributed by atoms with E-state index < -0.39 is 0 Å². The molecule has 0 aliphatic heterocycles. The molecule has 0 saturated heterocycles. The second-order valence-corrected chi connectivity index (χ2v) is 3.61. The number of nitrogens with zero attached hydrogens (tertiary/aromatic N) is 1. The highest BCUT2D eigenvalue weighted by Gasteiger charge is 2.12. The van der Waals surface area contributed by atoms with Gasteiger partial charge >= 0.3 is 0 Å². The van der Waals surface area contributed by atoms with Crippen molar-refractivity contribution in [2.24, 2.45) is 5.92 Å². The van der Waals surface area contributed by atoms with E-state index in [0.717, 1.165) is 0 Å². The molecular formula is C11H23N. The molecule has 0 amide bonds. The predicted octanol–water partition coefficient (Wildman–Crippen LogP) is 2.93. The first-order valence-electron chi connectivity index (χ1n) is 4.96. The minimum atomic E-state index is 0.654. The second-order valence-electron chi connectivity index (χ2n) is 3.61. The van der Waals surface area contributed by atoms with E-state index in [1.165, 1.54) is 13.0 Å². The maximum absolute atomic E-state index is 2.42. The van der Waals surface area contributed by atoms with Crippen molar-refractivity contribution >= 4 is 0 Å². The van der Waals surface area contributed by atoms with Gasteiger partial charge in [-0.3, -0.25) is 0 Å². The molecule has 0 aromatic heterocycles. The van der Waals surface area contributed by atoms with Gasteiger partial charge < -0.3 is 4.90 Å². The van der Waals surface area contributed by atoms with Crippen molar-refractivity contribution in [2.45, 2.75) is 40.2 Å². The van der Waals surface area contributed by atoms with Crippen molar-refractivity contribution < 1.29 is 0 Å². The number of rotatable bonds is 5. The molecule has 2 unspecified atom stereocenters. The molecule has 0 bridgehead atoms. The number of hydrogen-bond donors (Lipinski definition) is 0. The third kappa shape index (κ3) is 3.91. The zero-order valence-corrected chi connectivity index (χ0v) is 9.17. The van der Waals surface area contributed by atoms with E-state index in [-0.39, 0.29) is 0 Å². The van der Waals surface area contributed by atoms with Gasteiger partial charge in [-0.15, -0.1) is 0 Å². The van der Waals surface area contributed by atoms with Gasteiger partial charge in [0.05, 0.1) is 0 Å². The lowest BCUT2D eigenvalue weighted by Crippen LogP contribution is -2.34. The van der Waals surface area contributed by atoms with Crippen molar-refractivity contribution in [3.63, 3.8) is 0 Å². The molecule has 72 valence electrons. The fourth-order valence-corrected chi connectivity index (χ4v) is 1.42. The monoisotopic (exact) mass is 169 g/mol. The Kier molecular flexibility index (Phi) is 6.09. The van der Waals surface area contributed by atoms with E-state index in [1.807, 2.05) is 0 Å². The number of allylic oxidation sites excluding steroid dienone is 1. The van der Waals surface area contributed by atoms with Crippen LogP contribution in [0, 0.1) is 5.92 Å². The van der Waals surface area contributed by atoms with Crippen LogP contribution in [0.3, 0.4) is 0 Å². The molecule has 0 aliphatic carbocycles. The third-order valence-corrected chi connectivity index (χ3v) is 2.53. The largest absolute Gasteiger partial charge is 0.303 e. The van der Waals surface area contributed by atoms with Gasteiger partial charge in [-0.25, -0.2) is 0 Å². The number of hydrogen-bond acceptors (Lipinski definition) is 1. The van der Waals surface area contributed by atoms with E-state index in [2.05, 4.69) is 51.8 Å². The van der Waals surface area contributed by atoms with E-state index in [9.17, 15) is 0 Å². The summed E-state index contributed by atoms with van der Waals surface area (Å²) in [7, 11) is 2.20. The Balaban J connectivity index is 3.90. The zero-order chi connectivity index (χ0) is 9.56. The summed E-state index contributed by atoms with van der Waals surface area (Å²) in [6.45, 7) is 10.1. The smallest absolute Gasteiger partial charge is 0.0124 e. The summed E-state index contributed by atoms with van der Waals surface area (Å²) in [5.74, 6) is 0.659. The maximum Gasteiger partial charge on any atom is 0.0124 e. The van der Waals surface area contributed by atoms with Gasteiger partial charge in [0.1, 0.15) is 0 Å². The molecule has 0 radical (unpaired) electrons. The lowest BCUT2D eigenvalue weighted by molar-refractivity contribution is 0.221. The van der Waals surface area contributed by atoms with Crippen LogP contribution in [0.2, 0.25) is 0 Å². The second kappa shape index (κ2) is 6.24. The van der Waals surface area contributed by atoms with Crippen LogP contribution in [0.15, 0.2) is 12.2 Å². The third-order valence-electron chi connectivity index (χ3n) is 2.53. The SMILES string of the molecule is C/C=C\C(C)C(C)N(C)CCC. The Bertz CT molecular complexity index is 129. The topological polar surface area (TPSA) is 3.24 Å². The fraction of sp³-hybridized carbons (Fsp3) is 0.818. The predicted molar refractivity (Wildman–Crippen MR) is 56.4 cm³/mol. The lowest BCUT2D eigenvalue weighted by Gasteiger charge is -2.27. The Morgan fingerprint density at radius 2 is 1.92 bits per heavy atom. The fourth-order valence-electron chi connectivity index (χ4n) is 1.42. The van der Waals surface area contributed by atoms with Crippen LogP contribution in [0.5, 0.6) is 0 Å². The molecule has 0 rings (SSSR count). The Hall–Kier alpha value is -0.300. The molecule has 0 fully saturated rings. The maximum atomic E-state index is 2.42. The van der Waals surface area contributed by atoms with E-state index in [1.54, 1.807) is 0 Å². The van der Waals surface area contributed by atoms with Crippen LogP contribution >= 0.6 is 0 Å². The molecule has 1 nitrogen and oxygen atoms in total. The normalized spacial score (nSPS) is 17.2. The van der Waals surface area contributed by atoms with E-state index in [0.29, 0.717) is 12.0 Å². The van der Waals surface area contributed by atoms with Crippen LogP contribution < -0.4 is 0 Å². The molecule has 0 aliphatic rings. The highest BCUT2D eigenvalue weighted by atomic mass is 15.1. The minimum Gasteiger partial charge on any atom is -0.303 e. The summed E-state index contributed by atoms with van der Waals surface area (Å²) in [6.07, 6.45) is 5.65. The molecule has 2 atom stereocenters. The standard InChI is InChI=1S/C11H23N/c1-6-8-10(3)11(4)12(5)9-7-2/h6,8,10-11H,7,9H2,1-5H3/b8-6-. The van der Waals surface area contributed by atoms with Crippen LogP contribution in [-0.2, 0) is 0 Å². The molecule has 0 spiro atoms. The highest BCUT2D eigenvalue weighted by Crippen LogP contribution is 2.10. The van der Waals surface area contributed by atoms with Gasteiger partial charge in [-0.05, 0) is 39.8 Å². The van der Waals surface area contributed by atoms with Crippen LogP contribution in [0.25, 0.3) is 0 Å². The minimum absolute atomic E-state index is 0.654. The van der Waals surface area contributed by atoms with Gasteiger partial charge in [0, 0.05) is 6.04 Å². The molecule has 0 aromatic carbocycles. The molecule has 1 heteroatoms. The highest BCUT2D eigenvalue weighted by molar-refractivity contribution is 4.88. The quantitative estimate of drug-likeness (QED) is 0.572. The summed E-state index contributed by atoms with van der Waals surface area (Å²) in [6, 6.07) is 0.654. The Morgan fingerprint density at radius 3 is 2.33 bits per heavy atom. The molecule has 0 saturated carbocycles. The van der Waals surface area contributed by atoms with Crippen molar-refractivity contribution in [1.82, 2.24) is 4.90 Å². The van der Waals surface area contributed by atoms with Crippen molar-refractivity contribution in [2.75, 3.05) is 13.6 Å². The first-order valence-corrected chi connectivity index (χ1v) is 4.96. The van der Waals surface area contributed by atoms with Crippen LogP contribution in [0.4, 0.5) is 0 Å². The van der Waals surface area contributed by atoms with Crippen LogP contribution in [0.1, 0.15) is 34.1 Å². The summed E-state index contributed by atoms with van der Waals surface area (Å²) >= 11 is 0. The first-order chi connectivity index (χ1) is 5.63. The van der Waals surface area contributed by atoms with Crippen molar-refractivity contribution in [3.8, 4) is 0 Å². The van der Waals surface area contributed by atoms with Gasteiger partial charge in [0.15, 0.2) is 0 Å². The van der Waals surface area contributed by atoms with E-state index in [4.69, 9.17) is 0 Å². The summed E-state index contributed by atoms with van der Waals surface area (Å²) < 4.78 is 0. The molecule has 0 heterocycles. The average Bonchev–Trinajstić information content (AvgIpc) is 2.04. The average molecular weight is 169 g/mol. The molecule has 12 heavy (non-hydrogen) atoms. The van der Waals surface area contributed by atoms with Crippen LogP contribution in [-0.4, -0.2) is 24.5 Å². The lowest BCUT2D eigenvalue weighted by atomic mass is 10.0. The van der Waals surface area contributed by atoms with Gasteiger partial charge in [0.25, 0.3) is 0 Å². The van der Waals surface area contributed by atoms with Crippen molar-refractivity contribution in [1.29, 1.82) is 0 Å². The molecular weight excluding hydrogens is 146 g/mol. The van der Waals surface area contributed by atoms with Gasteiger partial charge in [-0.2, -0.15) is 0 Å². The summed E-state index contributed by atoms with van der Waals surface area (Å²) in [5, 5.41) is 0. The van der Waals surface area contributed by atoms with Gasteiger partial charge in [0.2, 0.25) is 0 Å². The molecule has 0 aromatic rings. The molecule has 0 N–H and O–H groups in total. The Morgan fingerprint density at radius 1 is 1.33 bits per heavy atom. The summed E-state index contributed by atoms with van der Waals surface area (Å²) in [4.78, 5) is 2.42. The van der Waals surface area contributed by atoms with Crippen molar-refractivity contribution in [3.05, 3.63) is 12.2 Å². The summed E-state index contributed by atoms with van der Waals surface area (Å²) in [5.41, 5.74) is 0.